The van der Waals surface area contributed by atoms with Crippen LogP contribution in [0.5, 0.6) is 5.75 Å². The molecule has 0 aliphatic carbocycles. The number of nitrogens with zero attached hydrogens (tertiary/aromatic N) is 1. The van der Waals surface area contributed by atoms with E-state index < -0.39 is 5.97 Å². The van der Waals surface area contributed by atoms with E-state index in [1.54, 1.807) is 18.9 Å². The minimum Gasteiger partial charge on any atom is -0.496 e. The Morgan fingerprint density at radius 3 is 2.24 bits per heavy atom. The average Bonchev–Trinajstić information content (AvgIpc) is 2.93. The number of benzene rings is 3. The first-order chi connectivity index (χ1) is 17.6. The third-order valence-corrected chi connectivity index (χ3v) is 8.67. The summed E-state index contributed by atoms with van der Waals surface area (Å²) < 4.78 is 5.67. The molecular formula is C30H36Cl2N2O3S. The number of fused-ring (bicyclic) bond motifs is 3. The van der Waals surface area contributed by atoms with Gasteiger partial charge in [-0.05, 0) is 54.5 Å². The van der Waals surface area contributed by atoms with E-state index in [0.29, 0.717) is 13.1 Å². The summed E-state index contributed by atoms with van der Waals surface area (Å²) in [5.41, 5.74) is 3.63. The van der Waals surface area contributed by atoms with E-state index >= 15 is 0 Å². The van der Waals surface area contributed by atoms with Crippen LogP contribution in [0.25, 0.3) is 0 Å². The molecule has 1 unspecified atom stereocenters. The van der Waals surface area contributed by atoms with Crippen LogP contribution in [-0.4, -0.2) is 54.5 Å². The molecule has 0 radical (unpaired) electrons. The molecule has 6 rings (SSSR count). The maximum Gasteiger partial charge on any atom is 0.308 e. The third-order valence-electron chi connectivity index (χ3n) is 7.94. The van der Waals surface area contributed by atoms with Crippen LogP contribution in [0.3, 0.4) is 0 Å². The van der Waals surface area contributed by atoms with Crippen LogP contribution < -0.4 is 10.1 Å². The first kappa shape index (κ1) is 30.3. The quantitative estimate of drug-likeness (QED) is 0.308. The first-order valence-corrected chi connectivity index (χ1v) is 13.8. The molecule has 0 spiro atoms. The number of methoxy groups -OCH3 is 1. The molecule has 8 heteroatoms. The zero-order chi connectivity index (χ0) is 25.1. The molecule has 2 N–H and O–H groups in total. The fourth-order valence-electron chi connectivity index (χ4n) is 6.28. The SMILES string of the molecule is COc1ccc(SC)cc1CN[C@H]1[C@H]2CCN(C[C@@H]2C(=O)O)[C@H]1C(c1ccccc1)c1ccccc1.Cl.Cl. The topological polar surface area (TPSA) is 61.8 Å². The molecule has 3 aromatic carbocycles. The third kappa shape index (κ3) is 6.16. The highest BCUT2D eigenvalue weighted by atomic mass is 35.5. The lowest BCUT2D eigenvalue weighted by atomic mass is 9.66. The predicted molar refractivity (Wildman–Crippen MR) is 159 cm³/mol. The number of carboxylic acid groups (broad SMARTS) is 1. The number of rotatable bonds is 9. The van der Waals surface area contributed by atoms with Crippen molar-refractivity contribution in [1.82, 2.24) is 10.2 Å². The Morgan fingerprint density at radius 2 is 1.68 bits per heavy atom. The molecule has 5 nitrogen and oxygen atoms in total. The monoisotopic (exact) mass is 574 g/mol. The minimum atomic E-state index is -0.687. The molecule has 204 valence electrons. The molecule has 3 aliphatic rings. The van der Waals surface area contributed by atoms with Crippen molar-refractivity contribution in [2.75, 3.05) is 26.5 Å². The van der Waals surface area contributed by atoms with Gasteiger partial charge in [0.2, 0.25) is 0 Å². The predicted octanol–water partition coefficient (Wildman–Crippen LogP) is 5.96. The Balaban J connectivity index is 0.00000200. The number of nitrogens with one attached hydrogen (secondary N) is 1. The van der Waals surface area contributed by atoms with Crippen LogP contribution in [0.4, 0.5) is 0 Å². The summed E-state index contributed by atoms with van der Waals surface area (Å²) in [5.74, 6) is 0.0200. The molecule has 3 saturated heterocycles. The van der Waals surface area contributed by atoms with Gasteiger partial charge in [0, 0.05) is 41.6 Å². The molecule has 0 amide bonds. The number of thioether (sulfide) groups is 1. The van der Waals surface area contributed by atoms with Crippen molar-refractivity contribution >= 4 is 42.5 Å². The molecule has 3 aliphatic heterocycles. The van der Waals surface area contributed by atoms with E-state index in [2.05, 4.69) is 89.3 Å². The lowest BCUT2D eigenvalue weighted by Crippen LogP contribution is -2.68. The molecule has 38 heavy (non-hydrogen) atoms. The number of hydrogen-bond donors (Lipinski definition) is 2. The van der Waals surface area contributed by atoms with Gasteiger partial charge < -0.3 is 15.2 Å². The van der Waals surface area contributed by atoms with Gasteiger partial charge in [0.1, 0.15) is 5.75 Å². The van der Waals surface area contributed by atoms with Gasteiger partial charge in [-0.2, -0.15) is 0 Å². The summed E-state index contributed by atoms with van der Waals surface area (Å²) in [4.78, 5) is 15.9. The Labute approximate surface area is 242 Å². The summed E-state index contributed by atoms with van der Waals surface area (Å²) in [7, 11) is 1.70. The van der Waals surface area contributed by atoms with Crippen molar-refractivity contribution < 1.29 is 14.6 Å². The zero-order valence-corrected chi connectivity index (χ0v) is 24.1. The van der Waals surface area contributed by atoms with Crippen molar-refractivity contribution in [2.24, 2.45) is 11.8 Å². The van der Waals surface area contributed by atoms with Crippen LogP contribution in [0.1, 0.15) is 29.0 Å². The normalized spacial score (nSPS) is 23.8. The average molecular weight is 576 g/mol. The summed E-state index contributed by atoms with van der Waals surface area (Å²) in [6.07, 6.45) is 2.97. The molecule has 3 aromatic rings. The van der Waals surface area contributed by atoms with Gasteiger partial charge in [0.05, 0.1) is 13.0 Å². The van der Waals surface area contributed by atoms with Gasteiger partial charge in [-0.3, -0.25) is 9.69 Å². The highest BCUT2D eigenvalue weighted by molar-refractivity contribution is 7.98. The van der Waals surface area contributed by atoms with Crippen LogP contribution in [0, 0.1) is 11.8 Å². The summed E-state index contributed by atoms with van der Waals surface area (Å²) in [5, 5.41) is 14.0. The van der Waals surface area contributed by atoms with E-state index in [-0.39, 0.29) is 54.7 Å². The van der Waals surface area contributed by atoms with Crippen LogP contribution in [0.15, 0.2) is 83.8 Å². The highest BCUT2D eigenvalue weighted by Crippen LogP contribution is 2.44. The fraction of sp³-hybridized carbons (Fsp3) is 0.367. The molecule has 2 bridgehead atoms. The van der Waals surface area contributed by atoms with Crippen molar-refractivity contribution in [3.8, 4) is 5.75 Å². The lowest BCUT2D eigenvalue weighted by Gasteiger charge is -2.56. The van der Waals surface area contributed by atoms with Crippen LogP contribution >= 0.6 is 36.6 Å². The molecule has 5 atom stereocenters. The molecule has 0 aromatic heterocycles. The van der Waals surface area contributed by atoms with Gasteiger partial charge >= 0.3 is 5.97 Å². The van der Waals surface area contributed by atoms with Gasteiger partial charge in [0.25, 0.3) is 0 Å². The molecule has 3 heterocycles. The van der Waals surface area contributed by atoms with Crippen molar-refractivity contribution in [2.45, 2.75) is 35.9 Å². The van der Waals surface area contributed by atoms with E-state index in [1.807, 2.05) is 6.07 Å². The van der Waals surface area contributed by atoms with Crippen molar-refractivity contribution in [1.29, 1.82) is 0 Å². The van der Waals surface area contributed by atoms with E-state index in [1.165, 1.54) is 16.0 Å². The van der Waals surface area contributed by atoms with Gasteiger partial charge in [-0.15, -0.1) is 36.6 Å². The van der Waals surface area contributed by atoms with Crippen molar-refractivity contribution in [3.63, 3.8) is 0 Å². The zero-order valence-electron chi connectivity index (χ0n) is 21.7. The summed E-state index contributed by atoms with van der Waals surface area (Å²) in [6.45, 7) is 2.16. The van der Waals surface area contributed by atoms with E-state index in [0.717, 1.165) is 24.3 Å². The van der Waals surface area contributed by atoms with Crippen LogP contribution in [-0.2, 0) is 11.3 Å². The van der Waals surface area contributed by atoms with E-state index in [4.69, 9.17) is 4.74 Å². The Kier molecular flexibility index (Phi) is 10.9. The Hall–Kier alpha value is -2.22. The largest absolute Gasteiger partial charge is 0.496 e. The number of ether oxygens (including phenoxy) is 1. The number of carboxylic acids is 1. The van der Waals surface area contributed by atoms with Gasteiger partial charge in [-0.25, -0.2) is 0 Å². The standard InChI is InChI=1S/C30H34N2O3S.2ClH/c1-35-26-14-13-23(36-2)17-22(26)18-31-28-24-15-16-32(19-25(24)30(33)34)29(28)27(20-9-5-3-6-10-20)21-11-7-4-8-12-21;;/h3-14,17,24-25,27-29,31H,15-16,18-19H2,1-2H3,(H,33,34);2*1H/t24-,25-,28-,29-;;/m0../s1. The Bertz CT molecular complexity index is 1150. The number of hydrogen-bond acceptors (Lipinski definition) is 5. The number of halogens is 2. The fourth-order valence-corrected chi connectivity index (χ4v) is 6.75. The smallest absolute Gasteiger partial charge is 0.308 e. The molecule has 0 saturated carbocycles. The second-order valence-corrected chi connectivity index (χ2v) is 10.6. The number of aliphatic carboxylic acids is 1. The lowest BCUT2D eigenvalue weighted by molar-refractivity contribution is -0.152. The minimum absolute atomic E-state index is 0. The van der Waals surface area contributed by atoms with Gasteiger partial charge in [-0.1, -0.05) is 60.7 Å². The second-order valence-electron chi connectivity index (χ2n) is 9.77. The second kappa shape index (κ2) is 13.7. The van der Waals surface area contributed by atoms with Crippen molar-refractivity contribution in [3.05, 3.63) is 95.6 Å². The van der Waals surface area contributed by atoms with E-state index in [9.17, 15) is 9.90 Å². The van der Waals surface area contributed by atoms with Crippen LogP contribution in [0.2, 0.25) is 0 Å². The highest BCUT2D eigenvalue weighted by Gasteiger charge is 2.52. The molecular weight excluding hydrogens is 539 g/mol. The summed E-state index contributed by atoms with van der Waals surface area (Å²) >= 11 is 1.71. The maximum absolute atomic E-state index is 12.3. The first-order valence-electron chi connectivity index (χ1n) is 12.6. The Morgan fingerprint density at radius 1 is 1.05 bits per heavy atom. The number of piperidine rings is 3. The molecule has 3 fully saturated rings. The number of carbonyl (C=O) groups is 1. The van der Waals surface area contributed by atoms with Gasteiger partial charge in [0.15, 0.2) is 0 Å². The summed E-state index contributed by atoms with van der Waals surface area (Å²) in [6, 6.07) is 27.8. The maximum atomic E-state index is 12.3.